The van der Waals surface area contributed by atoms with E-state index in [9.17, 15) is 4.39 Å². The molecule has 0 aliphatic carbocycles. The predicted octanol–water partition coefficient (Wildman–Crippen LogP) is 5.79. The highest BCUT2D eigenvalue weighted by molar-refractivity contribution is 7.11. The standard InChI is InChI=1S/C24H21FN6S/c1-5-6-16(20-9-10-21(25)32-20)22-13(2)27-24(28-22)23-17-11-15(7-8-18(17)29-30-23)19-12-26-14(3)31(19)4/h5-12H,1H2,2-4H3,(H,27,28)(H,29,30)/b16-6-. The van der Waals surface area contributed by atoms with Crippen molar-refractivity contribution in [2.45, 2.75) is 13.8 Å². The third-order valence-electron chi connectivity index (χ3n) is 5.57. The van der Waals surface area contributed by atoms with Gasteiger partial charge in [-0.25, -0.2) is 9.97 Å². The van der Waals surface area contributed by atoms with Gasteiger partial charge in [-0.3, -0.25) is 5.10 Å². The van der Waals surface area contributed by atoms with Crippen molar-refractivity contribution in [3.63, 3.8) is 0 Å². The van der Waals surface area contributed by atoms with E-state index in [1.54, 1.807) is 12.1 Å². The van der Waals surface area contributed by atoms with Crippen molar-refractivity contribution >= 4 is 27.8 Å². The molecule has 5 aromatic rings. The second-order valence-electron chi connectivity index (χ2n) is 7.56. The topological polar surface area (TPSA) is 75.2 Å². The van der Waals surface area contributed by atoms with E-state index in [2.05, 4.69) is 43.4 Å². The number of halogens is 1. The molecule has 0 aliphatic heterocycles. The van der Waals surface area contributed by atoms with Crippen molar-refractivity contribution in [3.8, 4) is 22.8 Å². The zero-order valence-corrected chi connectivity index (χ0v) is 18.7. The summed E-state index contributed by atoms with van der Waals surface area (Å²) in [5.41, 5.74) is 6.16. The number of hydrogen-bond donors (Lipinski definition) is 2. The summed E-state index contributed by atoms with van der Waals surface area (Å²) < 4.78 is 15.7. The summed E-state index contributed by atoms with van der Waals surface area (Å²) >= 11 is 1.08. The molecule has 0 aliphatic rings. The Balaban J connectivity index is 1.62. The van der Waals surface area contributed by atoms with Crippen LogP contribution in [0.25, 0.3) is 39.3 Å². The highest BCUT2D eigenvalue weighted by atomic mass is 32.1. The fourth-order valence-electron chi connectivity index (χ4n) is 3.81. The summed E-state index contributed by atoms with van der Waals surface area (Å²) in [5.74, 6) is 1.60. The summed E-state index contributed by atoms with van der Waals surface area (Å²) in [7, 11) is 2.00. The number of hydrogen-bond acceptors (Lipinski definition) is 4. The molecule has 0 amide bonds. The second kappa shape index (κ2) is 7.72. The van der Waals surface area contributed by atoms with Gasteiger partial charge >= 0.3 is 0 Å². The van der Waals surface area contributed by atoms with Crippen LogP contribution in [0.1, 0.15) is 22.1 Å². The third kappa shape index (κ3) is 3.29. The van der Waals surface area contributed by atoms with Crippen molar-refractivity contribution in [1.29, 1.82) is 0 Å². The van der Waals surface area contributed by atoms with Gasteiger partial charge in [0.15, 0.2) is 11.0 Å². The Morgan fingerprint density at radius 3 is 2.75 bits per heavy atom. The van der Waals surface area contributed by atoms with Crippen molar-refractivity contribution in [3.05, 3.63) is 82.5 Å². The molecule has 0 radical (unpaired) electrons. The van der Waals surface area contributed by atoms with Gasteiger partial charge < -0.3 is 9.55 Å². The number of aromatic nitrogens is 6. The fourth-order valence-corrected chi connectivity index (χ4v) is 4.57. The summed E-state index contributed by atoms with van der Waals surface area (Å²) in [5, 5.41) is 8.34. The smallest absolute Gasteiger partial charge is 0.176 e. The summed E-state index contributed by atoms with van der Waals surface area (Å²) in [6.07, 6.45) is 5.41. The van der Waals surface area contributed by atoms with Crippen LogP contribution in [0.15, 0.2) is 55.3 Å². The maximum absolute atomic E-state index is 13.7. The Morgan fingerprint density at radius 2 is 2.06 bits per heavy atom. The normalized spacial score (nSPS) is 12.1. The van der Waals surface area contributed by atoms with Gasteiger partial charge in [-0.2, -0.15) is 9.49 Å². The number of nitrogens with zero attached hydrogens (tertiary/aromatic N) is 4. The van der Waals surface area contributed by atoms with Gasteiger partial charge in [-0.15, -0.1) is 11.3 Å². The van der Waals surface area contributed by atoms with Crippen LogP contribution in [0, 0.1) is 19.0 Å². The first-order chi connectivity index (χ1) is 15.5. The van der Waals surface area contributed by atoms with Crippen LogP contribution in [-0.2, 0) is 7.05 Å². The number of fused-ring (bicyclic) bond motifs is 1. The maximum Gasteiger partial charge on any atom is 0.176 e. The van der Waals surface area contributed by atoms with Gasteiger partial charge in [-0.1, -0.05) is 24.8 Å². The first-order valence-corrected chi connectivity index (χ1v) is 10.9. The third-order valence-corrected chi connectivity index (χ3v) is 6.47. The summed E-state index contributed by atoms with van der Waals surface area (Å²) in [6, 6.07) is 9.38. The van der Waals surface area contributed by atoms with Crippen molar-refractivity contribution in [2.75, 3.05) is 0 Å². The fraction of sp³-hybridized carbons (Fsp3) is 0.125. The molecule has 6 nitrogen and oxygen atoms in total. The molecular formula is C24H21FN6S. The maximum atomic E-state index is 13.7. The Bertz CT molecular complexity index is 1500. The molecule has 8 heteroatoms. The quantitative estimate of drug-likeness (QED) is 0.337. The predicted molar refractivity (Wildman–Crippen MR) is 127 cm³/mol. The molecule has 160 valence electrons. The number of H-pyrrole nitrogens is 2. The number of imidazole rings is 2. The zero-order chi connectivity index (χ0) is 22.4. The lowest BCUT2D eigenvalue weighted by molar-refractivity contribution is 0.657. The van der Waals surface area contributed by atoms with Gasteiger partial charge in [0.25, 0.3) is 0 Å². The minimum Gasteiger partial charge on any atom is -0.340 e. The molecule has 5 rings (SSSR count). The molecule has 0 bridgehead atoms. The Labute approximate surface area is 188 Å². The Kier molecular flexibility index (Phi) is 4.86. The lowest BCUT2D eigenvalue weighted by Gasteiger charge is -2.04. The first kappa shape index (κ1) is 20.1. The highest BCUT2D eigenvalue weighted by Gasteiger charge is 2.19. The number of thiophene rings is 1. The van der Waals surface area contributed by atoms with E-state index < -0.39 is 0 Å². The Morgan fingerprint density at radius 1 is 1.22 bits per heavy atom. The lowest BCUT2D eigenvalue weighted by Crippen LogP contribution is -1.94. The molecule has 4 heterocycles. The minimum absolute atomic E-state index is 0.236. The van der Waals surface area contributed by atoms with Gasteiger partial charge in [0.1, 0.15) is 11.5 Å². The van der Waals surface area contributed by atoms with E-state index in [-0.39, 0.29) is 5.13 Å². The molecule has 1 aromatic carbocycles. The van der Waals surface area contributed by atoms with Gasteiger partial charge in [0.2, 0.25) is 0 Å². The number of rotatable bonds is 5. The van der Waals surface area contributed by atoms with Gasteiger partial charge in [0.05, 0.1) is 23.1 Å². The van der Waals surface area contributed by atoms with Gasteiger partial charge in [-0.05, 0) is 38.1 Å². The van der Waals surface area contributed by atoms with E-state index in [4.69, 9.17) is 4.98 Å². The van der Waals surface area contributed by atoms with E-state index >= 15 is 0 Å². The van der Waals surface area contributed by atoms with Gasteiger partial charge in [0, 0.05) is 34.1 Å². The monoisotopic (exact) mass is 444 g/mol. The summed E-state index contributed by atoms with van der Waals surface area (Å²) in [4.78, 5) is 13.4. The highest BCUT2D eigenvalue weighted by Crippen LogP contribution is 2.34. The summed E-state index contributed by atoms with van der Waals surface area (Å²) in [6.45, 7) is 7.73. The van der Waals surface area contributed by atoms with Crippen LogP contribution in [0.3, 0.4) is 0 Å². The van der Waals surface area contributed by atoms with Crippen LogP contribution in [-0.4, -0.2) is 29.7 Å². The number of benzene rings is 1. The van der Waals surface area contributed by atoms with E-state index in [0.29, 0.717) is 5.82 Å². The van der Waals surface area contributed by atoms with E-state index in [0.717, 1.165) is 66.9 Å². The SMILES string of the molecule is C=C/C=C(/c1ccc(F)s1)c1nc(-c2n[nH]c3ccc(-c4cnc(C)n4C)cc23)[nH]c1C. The average molecular weight is 445 g/mol. The molecule has 2 N–H and O–H groups in total. The second-order valence-corrected chi connectivity index (χ2v) is 8.60. The molecule has 0 unspecified atom stereocenters. The van der Waals surface area contributed by atoms with Crippen molar-refractivity contribution < 1.29 is 4.39 Å². The number of aromatic amines is 2. The zero-order valence-electron chi connectivity index (χ0n) is 17.9. The number of nitrogens with one attached hydrogen (secondary N) is 2. The van der Waals surface area contributed by atoms with Crippen LogP contribution in [0.5, 0.6) is 0 Å². The first-order valence-electron chi connectivity index (χ1n) is 10.1. The molecule has 0 fully saturated rings. The molecule has 4 aromatic heterocycles. The molecule has 32 heavy (non-hydrogen) atoms. The minimum atomic E-state index is -0.236. The Hall–Kier alpha value is -3.78. The average Bonchev–Trinajstić information content (AvgIpc) is 3.54. The van der Waals surface area contributed by atoms with Crippen LogP contribution in [0.2, 0.25) is 0 Å². The molecule has 0 atom stereocenters. The molecular weight excluding hydrogens is 423 g/mol. The van der Waals surface area contributed by atoms with Crippen molar-refractivity contribution in [1.82, 2.24) is 29.7 Å². The van der Waals surface area contributed by atoms with Crippen LogP contribution in [0.4, 0.5) is 4.39 Å². The van der Waals surface area contributed by atoms with Crippen LogP contribution < -0.4 is 0 Å². The van der Waals surface area contributed by atoms with E-state index in [1.165, 1.54) is 6.07 Å². The van der Waals surface area contributed by atoms with Crippen molar-refractivity contribution in [2.24, 2.45) is 7.05 Å². The largest absolute Gasteiger partial charge is 0.340 e. The molecule has 0 saturated heterocycles. The number of allylic oxidation sites excluding steroid dienone is 2. The number of aryl methyl sites for hydroxylation is 2. The molecule has 0 spiro atoms. The lowest BCUT2D eigenvalue weighted by atomic mass is 10.1. The molecule has 0 saturated carbocycles. The van der Waals surface area contributed by atoms with Crippen LogP contribution >= 0.6 is 11.3 Å². The van der Waals surface area contributed by atoms with E-state index in [1.807, 2.05) is 39.2 Å².